The average Bonchev–Trinajstić information content (AvgIpc) is 2.79. The van der Waals surface area contributed by atoms with Gasteiger partial charge in [0.15, 0.2) is 11.5 Å². The molecule has 1 N–H and O–H groups in total. The molecule has 3 rings (SSSR count). The lowest BCUT2D eigenvalue weighted by Crippen LogP contribution is -2.27. The minimum absolute atomic E-state index is 0.140. The summed E-state index contributed by atoms with van der Waals surface area (Å²) in [6.07, 6.45) is 1.52. The summed E-state index contributed by atoms with van der Waals surface area (Å²) in [5, 5.41) is 3.02. The van der Waals surface area contributed by atoms with Gasteiger partial charge < -0.3 is 14.8 Å². The lowest BCUT2D eigenvalue weighted by molar-refractivity contribution is -0.119. The fourth-order valence-electron chi connectivity index (χ4n) is 2.74. The van der Waals surface area contributed by atoms with E-state index >= 15 is 0 Å². The van der Waals surface area contributed by atoms with Crippen molar-refractivity contribution in [3.05, 3.63) is 23.8 Å². The maximum atomic E-state index is 11.5. The molecule has 1 aromatic carbocycles. The van der Waals surface area contributed by atoms with Crippen LogP contribution in [0, 0.1) is 0 Å². The van der Waals surface area contributed by atoms with E-state index in [4.69, 9.17) is 9.47 Å². The molecule has 1 fully saturated rings. The van der Waals surface area contributed by atoms with Gasteiger partial charge in [0.2, 0.25) is 5.91 Å². The van der Waals surface area contributed by atoms with E-state index in [1.165, 1.54) is 0 Å². The number of benzene rings is 1. The summed E-state index contributed by atoms with van der Waals surface area (Å²) < 4.78 is 11.1. The number of amides is 1. The van der Waals surface area contributed by atoms with Gasteiger partial charge >= 0.3 is 0 Å². The fourth-order valence-corrected chi connectivity index (χ4v) is 2.74. The van der Waals surface area contributed by atoms with Crippen molar-refractivity contribution < 1.29 is 14.3 Å². The predicted octanol–water partition coefficient (Wildman–Crippen LogP) is 1.84. The van der Waals surface area contributed by atoms with Gasteiger partial charge in [-0.1, -0.05) is 13.0 Å². The van der Waals surface area contributed by atoms with Crippen LogP contribution in [0.4, 0.5) is 0 Å². The molecular weight excluding hydrogens is 230 g/mol. The second-order valence-electron chi connectivity index (χ2n) is 4.80. The molecule has 4 heteroatoms. The first kappa shape index (κ1) is 11.4. The van der Waals surface area contributed by atoms with Gasteiger partial charge in [-0.25, -0.2) is 0 Å². The van der Waals surface area contributed by atoms with Crippen LogP contribution in [0.5, 0.6) is 11.5 Å². The van der Waals surface area contributed by atoms with Crippen molar-refractivity contribution in [1.82, 2.24) is 5.32 Å². The van der Waals surface area contributed by atoms with Gasteiger partial charge in [-0.3, -0.25) is 4.79 Å². The third-order valence-electron chi connectivity index (χ3n) is 3.67. The summed E-state index contributed by atoms with van der Waals surface area (Å²) in [5.41, 5.74) is 1.16. The van der Waals surface area contributed by atoms with Crippen LogP contribution in [0.15, 0.2) is 18.2 Å². The molecule has 2 aliphatic rings. The van der Waals surface area contributed by atoms with Crippen LogP contribution in [0.2, 0.25) is 0 Å². The van der Waals surface area contributed by atoms with Crippen LogP contribution >= 0.6 is 0 Å². The standard InChI is InChI=1S/C14H17NO3/c1-2-11-10(8-14(16)15-11)9-3-4-12-13(7-9)18-6-5-17-12/h3-4,7,10-11H,2,5-6,8H2,1H3,(H,15,16). The Morgan fingerprint density at radius 3 is 2.83 bits per heavy atom. The van der Waals surface area contributed by atoms with Crippen molar-refractivity contribution in [2.75, 3.05) is 13.2 Å². The highest BCUT2D eigenvalue weighted by Gasteiger charge is 2.32. The summed E-state index contributed by atoms with van der Waals surface area (Å²) in [4.78, 5) is 11.5. The summed E-state index contributed by atoms with van der Waals surface area (Å²) in [7, 11) is 0. The van der Waals surface area contributed by atoms with Crippen LogP contribution in [-0.2, 0) is 4.79 Å². The Balaban J connectivity index is 1.90. The number of fused-ring (bicyclic) bond motifs is 1. The number of carbonyl (C=O) groups excluding carboxylic acids is 1. The van der Waals surface area contributed by atoms with Gasteiger partial charge in [-0.15, -0.1) is 0 Å². The van der Waals surface area contributed by atoms with E-state index in [1.807, 2.05) is 18.2 Å². The largest absolute Gasteiger partial charge is 0.486 e. The van der Waals surface area contributed by atoms with Crippen LogP contribution in [0.1, 0.15) is 31.2 Å². The maximum absolute atomic E-state index is 11.5. The van der Waals surface area contributed by atoms with Crippen LogP contribution in [0.25, 0.3) is 0 Å². The molecule has 1 aromatic rings. The number of hydrogen-bond donors (Lipinski definition) is 1. The molecule has 0 saturated carbocycles. The summed E-state index contributed by atoms with van der Waals surface area (Å²) in [6, 6.07) is 6.24. The van der Waals surface area contributed by atoms with E-state index in [9.17, 15) is 4.79 Å². The van der Waals surface area contributed by atoms with Gasteiger partial charge in [0.1, 0.15) is 13.2 Å². The molecule has 2 aliphatic heterocycles. The third-order valence-corrected chi connectivity index (χ3v) is 3.67. The highest BCUT2D eigenvalue weighted by Crippen LogP contribution is 2.37. The molecule has 1 amide bonds. The maximum Gasteiger partial charge on any atom is 0.220 e. The highest BCUT2D eigenvalue weighted by molar-refractivity contribution is 5.80. The molecule has 2 unspecified atom stereocenters. The Bertz CT molecular complexity index is 472. The number of carbonyl (C=O) groups is 1. The topological polar surface area (TPSA) is 47.6 Å². The van der Waals surface area contributed by atoms with Crippen molar-refractivity contribution in [2.45, 2.75) is 31.7 Å². The zero-order valence-corrected chi connectivity index (χ0v) is 10.4. The predicted molar refractivity (Wildman–Crippen MR) is 67.0 cm³/mol. The Labute approximate surface area is 106 Å². The van der Waals surface area contributed by atoms with E-state index in [0.29, 0.717) is 19.6 Å². The minimum Gasteiger partial charge on any atom is -0.486 e. The molecule has 4 nitrogen and oxygen atoms in total. The first-order valence-corrected chi connectivity index (χ1v) is 6.47. The molecule has 0 bridgehead atoms. The number of rotatable bonds is 2. The Kier molecular flexibility index (Phi) is 2.86. The van der Waals surface area contributed by atoms with Crippen molar-refractivity contribution in [3.63, 3.8) is 0 Å². The first-order chi connectivity index (χ1) is 8.78. The van der Waals surface area contributed by atoms with Crippen LogP contribution in [0.3, 0.4) is 0 Å². The Morgan fingerprint density at radius 1 is 1.28 bits per heavy atom. The number of nitrogens with one attached hydrogen (secondary N) is 1. The van der Waals surface area contributed by atoms with Gasteiger partial charge in [0, 0.05) is 18.4 Å². The van der Waals surface area contributed by atoms with Crippen molar-refractivity contribution >= 4 is 5.91 Å². The second kappa shape index (κ2) is 4.52. The van der Waals surface area contributed by atoms with E-state index in [2.05, 4.69) is 12.2 Å². The van der Waals surface area contributed by atoms with Gasteiger partial charge in [-0.2, -0.15) is 0 Å². The molecule has 0 aromatic heterocycles. The summed E-state index contributed by atoms with van der Waals surface area (Å²) >= 11 is 0. The molecular formula is C14H17NO3. The van der Waals surface area contributed by atoms with Crippen molar-refractivity contribution in [3.8, 4) is 11.5 Å². The lowest BCUT2D eigenvalue weighted by atomic mass is 9.90. The smallest absolute Gasteiger partial charge is 0.220 e. The van der Waals surface area contributed by atoms with Gasteiger partial charge in [-0.05, 0) is 24.1 Å². The zero-order valence-electron chi connectivity index (χ0n) is 10.4. The van der Waals surface area contributed by atoms with Gasteiger partial charge in [0.05, 0.1) is 0 Å². The SMILES string of the molecule is CCC1NC(=O)CC1c1ccc2c(c1)OCCO2. The van der Waals surface area contributed by atoms with Gasteiger partial charge in [0.25, 0.3) is 0 Å². The molecule has 2 atom stereocenters. The van der Waals surface area contributed by atoms with E-state index < -0.39 is 0 Å². The summed E-state index contributed by atoms with van der Waals surface area (Å²) in [5.74, 6) is 1.99. The third kappa shape index (κ3) is 1.92. The monoisotopic (exact) mass is 247 g/mol. The van der Waals surface area contributed by atoms with E-state index in [1.54, 1.807) is 0 Å². The molecule has 0 spiro atoms. The van der Waals surface area contributed by atoms with Crippen molar-refractivity contribution in [2.24, 2.45) is 0 Å². The first-order valence-electron chi connectivity index (χ1n) is 6.47. The molecule has 0 aliphatic carbocycles. The zero-order chi connectivity index (χ0) is 12.5. The molecule has 96 valence electrons. The molecule has 1 saturated heterocycles. The minimum atomic E-state index is 0.140. The normalized spacial score (nSPS) is 25.9. The van der Waals surface area contributed by atoms with E-state index in [0.717, 1.165) is 23.5 Å². The second-order valence-corrected chi connectivity index (χ2v) is 4.80. The molecule has 18 heavy (non-hydrogen) atoms. The molecule has 2 heterocycles. The quantitative estimate of drug-likeness (QED) is 0.867. The molecule has 0 radical (unpaired) electrons. The van der Waals surface area contributed by atoms with E-state index in [-0.39, 0.29) is 17.9 Å². The number of hydrogen-bond acceptors (Lipinski definition) is 3. The van der Waals surface area contributed by atoms with Crippen LogP contribution in [-0.4, -0.2) is 25.2 Å². The number of ether oxygens (including phenoxy) is 2. The Hall–Kier alpha value is -1.71. The Morgan fingerprint density at radius 2 is 2.06 bits per heavy atom. The van der Waals surface area contributed by atoms with Crippen molar-refractivity contribution in [1.29, 1.82) is 0 Å². The summed E-state index contributed by atoms with van der Waals surface area (Å²) in [6.45, 7) is 3.30. The fraction of sp³-hybridized carbons (Fsp3) is 0.500. The highest BCUT2D eigenvalue weighted by atomic mass is 16.6. The van der Waals surface area contributed by atoms with Crippen LogP contribution < -0.4 is 14.8 Å². The average molecular weight is 247 g/mol. The lowest BCUT2D eigenvalue weighted by Gasteiger charge is -2.22.